The second-order valence-electron chi connectivity index (χ2n) is 5.35. The number of aliphatic hydroxyl groups is 1. The Kier molecular flexibility index (Phi) is 4.54. The highest BCUT2D eigenvalue weighted by molar-refractivity contribution is 9.10. The van der Waals surface area contributed by atoms with Crippen molar-refractivity contribution in [1.82, 2.24) is 5.32 Å². The molecule has 1 fully saturated rings. The molecule has 104 valence electrons. The highest BCUT2D eigenvalue weighted by atomic mass is 79.9. The van der Waals surface area contributed by atoms with E-state index in [2.05, 4.69) is 21.2 Å². The van der Waals surface area contributed by atoms with Crippen LogP contribution in [0.4, 0.5) is 0 Å². The fourth-order valence-corrected chi connectivity index (χ4v) is 3.14. The zero-order chi connectivity index (χ0) is 14.0. The molecule has 2 atom stereocenters. The molecule has 1 aliphatic rings. The van der Waals surface area contributed by atoms with Gasteiger partial charge in [0.05, 0.1) is 17.2 Å². The van der Waals surface area contributed by atoms with Crippen molar-refractivity contribution in [3.8, 4) is 0 Å². The fraction of sp³-hybridized carbons (Fsp3) is 0.500. The van der Waals surface area contributed by atoms with Crippen molar-refractivity contribution in [2.45, 2.75) is 32.2 Å². The minimum atomic E-state index is -0.228. The maximum Gasteiger partial charge on any atom is 0.253 e. The molecule has 1 aliphatic carbocycles. The Morgan fingerprint density at radius 2 is 2.37 bits per heavy atom. The summed E-state index contributed by atoms with van der Waals surface area (Å²) >= 11 is 9.39. The molecule has 1 amide bonds. The summed E-state index contributed by atoms with van der Waals surface area (Å²) in [6.45, 7) is 2.09. The molecule has 3 nitrogen and oxygen atoms in total. The van der Waals surface area contributed by atoms with Crippen LogP contribution >= 0.6 is 27.5 Å². The zero-order valence-corrected chi connectivity index (χ0v) is 13.1. The third kappa shape index (κ3) is 3.12. The van der Waals surface area contributed by atoms with Gasteiger partial charge in [0.2, 0.25) is 0 Å². The fourth-order valence-electron chi connectivity index (χ4n) is 2.58. The van der Waals surface area contributed by atoms with Crippen LogP contribution in [0.25, 0.3) is 0 Å². The summed E-state index contributed by atoms with van der Waals surface area (Å²) < 4.78 is 0.818. The van der Waals surface area contributed by atoms with E-state index in [4.69, 9.17) is 11.6 Å². The van der Waals surface area contributed by atoms with E-state index in [1.54, 1.807) is 18.2 Å². The minimum Gasteiger partial charge on any atom is -0.396 e. The summed E-state index contributed by atoms with van der Waals surface area (Å²) in [6, 6.07) is 5.20. The molecule has 2 rings (SSSR count). The van der Waals surface area contributed by atoms with Gasteiger partial charge in [0, 0.05) is 15.9 Å². The van der Waals surface area contributed by atoms with Crippen molar-refractivity contribution in [3.05, 3.63) is 33.3 Å². The molecule has 0 spiro atoms. The first-order chi connectivity index (χ1) is 8.96. The van der Waals surface area contributed by atoms with E-state index in [1.807, 2.05) is 6.92 Å². The molecule has 1 aromatic carbocycles. The molecule has 0 aromatic heterocycles. The van der Waals surface area contributed by atoms with Crippen LogP contribution < -0.4 is 5.32 Å². The van der Waals surface area contributed by atoms with Gasteiger partial charge >= 0.3 is 0 Å². The summed E-state index contributed by atoms with van der Waals surface area (Å²) in [4.78, 5) is 12.3. The number of nitrogens with one attached hydrogen (secondary N) is 1. The van der Waals surface area contributed by atoms with Crippen molar-refractivity contribution >= 4 is 33.4 Å². The van der Waals surface area contributed by atoms with Crippen LogP contribution in [0.1, 0.15) is 36.5 Å². The van der Waals surface area contributed by atoms with E-state index in [0.29, 0.717) is 10.6 Å². The molecule has 19 heavy (non-hydrogen) atoms. The van der Waals surface area contributed by atoms with Gasteiger partial charge in [-0.3, -0.25) is 4.79 Å². The second kappa shape index (κ2) is 5.81. The quantitative estimate of drug-likeness (QED) is 0.881. The van der Waals surface area contributed by atoms with E-state index < -0.39 is 0 Å². The molecule has 0 heterocycles. The number of rotatable bonds is 3. The highest BCUT2D eigenvalue weighted by Gasteiger charge is 2.39. The topological polar surface area (TPSA) is 49.3 Å². The highest BCUT2D eigenvalue weighted by Crippen LogP contribution is 2.37. The summed E-state index contributed by atoms with van der Waals surface area (Å²) in [6.07, 6.45) is 2.85. The molecule has 0 saturated heterocycles. The van der Waals surface area contributed by atoms with Crippen molar-refractivity contribution in [3.63, 3.8) is 0 Å². The summed E-state index contributed by atoms with van der Waals surface area (Å²) in [7, 11) is 0. The second-order valence-corrected chi connectivity index (χ2v) is 6.68. The number of benzene rings is 1. The predicted molar refractivity (Wildman–Crippen MR) is 79.5 cm³/mol. The summed E-state index contributed by atoms with van der Waals surface area (Å²) in [5.41, 5.74) is 0.233. The predicted octanol–water partition coefficient (Wildman–Crippen LogP) is 3.38. The maximum absolute atomic E-state index is 12.3. The van der Waals surface area contributed by atoms with Crippen LogP contribution in [0.3, 0.4) is 0 Å². The number of hydrogen-bond donors (Lipinski definition) is 2. The average Bonchev–Trinajstić information content (AvgIpc) is 2.74. The molecule has 2 unspecified atom stereocenters. The van der Waals surface area contributed by atoms with Gasteiger partial charge < -0.3 is 10.4 Å². The number of aliphatic hydroxyl groups excluding tert-OH is 1. The molecular formula is C14H17BrClNO2. The Labute approximate surface area is 126 Å². The molecule has 1 saturated carbocycles. The van der Waals surface area contributed by atoms with Gasteiger partial charge in [-0.1, -0.05) is 40.9 Å². The van der Waals surface area contributed by atoms with E-state index >= 15 is 0 Å². The molecule has 2 N–H and O–H groups in total. The Bertz CT molecular complexity index is 494. The third-order valence-corrected chi connectivity index (χ3v) is 4.74. The lowest BCUT2D eigenvalue weighted by Crippen LogP contribution is -2.44. The van der Waals surface area contributed by atoms with Crippen molar-refractivity contribution < 1.29 is 9.90 Å². The van der Waals surface area contributed by atoms with Crippen LogP contribution in [0.15, 0.2) is 22.7 Å². The number of halogens is 2. The molecule has 1 aromatic rings. The number of carbonyl (C=O) groups excluding carboxylic acids is 1. The zero-order valence-electron chi connectivity index (χ0n) is 10.7. The van der Waals surface area contributed by atoms with Gasteiger partial charge in [-0.05, 0) is 31.0 Å². The lowest BCUT2D eigenvalue weighted by molar-refractivity contribution is 0.0830. The van der Waals surface area contributed by atoms with Crippen molar-refractivity contribution in [2.75, 3.05) is 6.61 Å². The smallest absolute Gasteiger partial charge is 0.253 e. The van der Waals surface area contributed by atoms with Gasteiger partial charge in [0.1, 0.15) is 0 Å². The molecule has 0 aliphatic heterocycles. The van der Waals surface area contributed by atoms with Gasteiger partial charge in [0.15, 0.2) is 0 Å². The normalized spacial score (nSPS) is 26.4. The van der Waals surface area contributed by atoms with Crippen LogP contribution in [-0.2, 0) is 0 Å². The summed E-state index contributed by atoms with van der Waals surface area (Å²) in [5.74, 6) is -0.183. The number of carbonyl (C=O) groups is 1. The Balaban J connectivity index is 2.15. The third-order valence-electron chi connectivity index (χ3n) is 3.92. The lowest BCUT2D eigenvalue weighted by atomic mass is 9.85. The van der Waals surface area contributed by atoms with Crippen LogP contribution in [-0.4, -0.2) is 23.7 Å². The first kappa shape index (κ1) is 14.8. The van der Waals surface area contributed by atoms with E-state index in [0.717, 1.165) is 23.7 Å². The largest absolute Gasteiger partial charge is 0.396 e. The molecule has 5 heteroatoms. The van der Waals surface area contributed by atoms with Crippen molar-refractivity contribution in [2.24, 2.45) is 5.41 Å². The standard InChI is InChI=1S/C14H17BrClNO2/c1-14(8-18)6-2-3-12(14)17-13(19)10-7-9(15)4-5-11(10)16/h4-5,7,12,18H,2-3,6,8H2,1H3,(H,17,19). The Hall–Kier alpha value is -0.580. The first-order valence-electron chi connectivity index (χ1n) is 6.33. The Morgan fingerprint density at radius 1 is 1.63 bits per heavy atom. The Morgan fingerprint density at radius 3 is 3.05 bits per heavy atom. The maximum atomic E-state index is 12.3. The van der Waals surface area contributed by atoms with Crippen LogP contribution in [0.5, 0.6) is 0 Å². The number of hydrogen-bond acceptors (Lipinski definition) is 2. The average molecular weight is 347 g/mol. The molecule has 0 bridgehead atoms. The van der Waals surface area contributed by atoms with Gasteiger partial charge in [0.25, 0.3) is 5.91 Å². The molecule has 0 radical (unpaired) electrons. The van der Waals surface area contributed by atoms with E-state index in [9.17, 15) is 9.90 Å². The van der Waals surface area contributed by atoms with Crippen molar-refractivity contribution in [1.29, 1.82) is 0 Å². The van der Waals surface area contributed by atoms with Crippen LogP contribution in [0, 0.1) is 5.41 Å². The van der Waals surface area contributed by atoms with Crippen LogP contribution in [0.2, 0.25) is 5.02 Å². The first-order valence-corrected chi connectivity index (χ1v) is 7.50. The molecular weight excluding hydrogens is 330 g/mol. The van der Waals surface area contributed by atoms with E-state index in [-0.39, 0.29) is 24.0 Å². The lowest BCUT2D eigenvalue weighted by Gasteiger charge is -2.30. The van der Waals surface area contributed by atoms with Gasteiger partial charge in [-0.2, -0.15) is 0 Å². The van der Waals surface area contributed by atoms with E-state index in [1.165, 1.54) is 0 Å². The van der Waals surface area contributed by atoms with Gasteiger partial charge in [-0.15, -0.1) is 0 Å². The van der Waals surface area contributed by atoms with Gasteiger partial charge in [-0.25, -0.2) is 0 Å². The SMILES string of the molecule is CC1(CO)CCCC1NC(=O)c1cc(Br)ccc1Cl. The minimum absolute atomic E-state index is 0.0000447. The number of amides is 1. The summed E-state index contributed by atoms with van der Waals surface area (Å²) in [5, 5.41) is 12.9. The monoisotopic (exact) mass is 345 g/mol.